The summed E-state index contributed by atoms with van der Waals surface area (Å²) in [6, 6.07) is 11.9. The number of methoxy groups -OCH3 is 2. The molecule has 0 radical (unpaired) electrons. The average Bonchev–Trinajstić information content (AvgIpc) is 3.19. The van der Waals surface area contributed by atoms with Crippen LogP contribution < -0.4 is 14.9 Å². The summed E-state index contributed by atoms with van der Waals surface area (Å²) < 4.78 is 10.5. The number of nitrogens with one attached hydrogen (secondary N) is 2. The van der Waals surface area contributed by atoms with Gasteiger partial charge < -0.3 is 9.47 Å². The van der Waals surface area contributed by atoms with E-state index >= 15 is 0 Å². The molecule has 0 spiro atoms. The van der Waals surface area contributed by atoms with E-state index in [9.17, 15) is 4.79 Å². The number of aromatic nitrogens is 2. The molecule has 1 aromatic heterocycles. The predicted octanol–water partition coefficient (Wildman–Crippen LogP) is 4.16. The molecule has 2 aromatic carbocycles. The number of ether oxygens (including phenoxy) is 2. The Hall–Kier alpha value is -3.03. The Morgan fingerprint density at radius 1 is 1.14 bits per heavy atom. The molecule has 7 nitrogen and oxygen atoms in total. The predicted molar refractivity (Wildman–Crippen MR) is 109 cm³/mol. The molecule has 0 saturated carbocycles. The molecule has 3 aromatic rings. The highest BCUT2D eigenvalue weighted by Gasteiger charge is 2.14. The second-order valence-corrected chi connectivity index (χ2v) is 6.44. The van der Waals surface area contributed by atoms with E-state index in [1.807, 2.05) is 0 Å². The lowest BCUT2D eigenvalue weighted by Gasteiger charge is -2.08. The number of H-pyrrole nitrogens is 1. The number of hydrazone groups is 1. The van der Waals surface area contributed by atoms with E-state index in [-0.39, 0.29) is 5.69 Å². The van der Waals surface area contributed by atoms with Gasteiger partial charge in [-0.25, -0.2) is 5.43 Å². The first-order chi connectivity index (χ1) is 13.5. The molecule has 0 bridgehead atoms. The van der Waals surface area contributed by atoms with Crippen LogP contribution in [0.25, 0.3) is 11.3 Å². The molecule has 0 aliphatic carbocycles. The van der Waals surface area contributed by atoms with Crippen LogP contribution in [0.5, 0.6) is 11.5 Å². The number of amides is 1. The number of benzene rings is 2. The van der Waals surface area contributed by atoms with E-state index in [1.165, 1.54) is 6.21 Å². The second-order valence-electron chi connectivity index (χ2n) is 5.60. The zero-order valence-corrected chi connectivity index (χ0v) is 16.5. The molecule has 1 amide bonds. The van der Waals surface area contributed by atoms with Gasteiger partial charge in [0, 0.05) is 22.2 Å². The van der Waals surface area contributed by atoms with Crippen molar-refractivity contribution in [2.75, 3.05) is 14.2 Å². The lowest BCUT2D eigenvalue weighted by atomic mass is 10.1. The van der Waals surface area contributed by atoms with Crippen molar-refractivity contribution in [2.24, 2.45) is 5.10 Å². The first-order valence-electron chi connectivity index (χ1n) is 8.08. The van der Waals surface area contributed by atoms with Crippen molar-refractivity contribution < 1.29 is 14.3 Å². The minimum absolute atomic E-state index is 0.243. The quantitative estimate of drug-likeness (QED) is 0.464. The molecule has 3 rings (SSSR count). The Kier molecular flexibility index (Phi) is 6.18. The second kappa shape index (κ2) is 8.77. The van der Waals surface area contributed by atoms with E-state index < -0.39 is 5.91 Å². The van der Waals surface area contributed by atoms with E-state index in [2.05, 4.69) is 20.7 Å². The van der Waals surface area contributed by atoms with Gasteiger partial charge in [0.05, 0.1) is 31.2 Å². The lowest BCUT2D eigenvalue weighted by Crippen LogP contribution is -2.18. The zero-order valence-electron chi connectivity index (χ0n) is 15.0. The van der Waals surface area contributed by atoms with E-state index in [0.29, 0.717) is 32.8 Å². The normalized spacial score (nSPS) is 10.9. The Morgan fingerprint density at radius 3 is 2.68 bits per heavy atom. The minimum atomic E-state index is -0.451. The molecule has 0 aliphatic rings. The molecule has 1 heterocycles. The number of carbonyl (C=O) groups is 1. The van der Waals surface area contributed by atoms with Gasteiger partial charge in [0.15, 0.2) is 0 Å². The van der Waals surface area contributed by atoms with Gasteiger partial charge in [0.2, 0.25) is 0 Å². The Balaban J connectivity index is 1.73. The largest absolute Gasteiger partial charge is 0.497 e. The standard InChI is InChI=1S/C19H16Cl2N4O3/c1-27-13-5-6-14(18(8-13)28-2)16-9-17(24-23-16)19(26)25-22-10-11-3-4-12(20)7-15(11)21/h3-10H,1-2H3,(H,23,24)(H,25,26). The molecule has 9 heteroatoms. The molecular weight excluding hydrogens is 403 g/mol. The van der Waals surface area contributed by atoms with Gasteiger partial charge in [-0.15, -0.1) is 0 Å². The molecular formula is C19H16Cl2N4O3. The highest BCUT2D eigenvalue weighted by atomic mass is 35.5. The Morgan fingerprint density at radius 2 is 1.96 bits per heavy atom. The molecule has 0 atom stereocenters. The van der Waals surface area contributed by atoms with Crippen LogP contribution in [0.4, 0.5) is 0 Å². The van der Waals surface area contributed by atoms with E-state index in [4.69, 9.17) is 32.7 Å². The number of nitrogens with zero attached hydrogens (tertiary/aromatic N) is 2. The molecule has 2 N–H and O–H groups in total. The summed E-state index contributed by atoms with van der Waals surface area (Å²) in [6.45, 7) is 0. The van der Waals surface area contributed by atoms with Gasteiger partial charge in [0.25, 0.3) is 5.91 Å². The number of halogens is 2. The summed E-state index contributed by atoms with van der Waals surface area (Å²) in [4.78, 5) is 12.3. The summed E-state index contributed by atoms with van der Waals surface area (Å²) >= 11 is 11.9. The topological polar surface area (TPSA) is 88.6 Å². The summed E-state index contributed by atoms with van der Waals surface area (Å²) in [5.41, 5.74) is 4.55. The van der Waals surface area contributed by atoms with Crippen LogP contribution in [0, 0.1) is 0 Å². The number of hydrogen-bond donors (Lipinski definition) is 2. The summed E-state index contributed by atoms with van der Waals surface area (Å²) in [7, 11) is 3.12. The van der Waals surface area contributed by atoms with Crippen LogP contribution in [0.3, 0.4) is 0 Å². The molecule has 0 fully saturated rings. The highest BCUT2D eigenvalue weighted by Crippen LogP contribution is 2.32. The maximum Gasteiger partial charge on any atom is 0.289 e. The summed E-state index contributed by atoms with van der Waals surface area (Å²) in [5.74, 6) is 0.782. The fourth-order valence-corrected chi connectivity index (χ4v) is 2.87. The SMILES string of the molecule is COc1ccc(-c2cc(C(=O)NN=Cc3ccc(Cl)cc3Cl)[nH]n2)c(OC)c1. The van der Waals surface area contributed by atoms with Crippen molar-refractivity contribution in [3.63, 3.8) is 0 Å². The number of aromatic amines is 1. The van der Waals surface area contributed by atoms with Gasteiger partial charge in [-0.1, -0.05) is 29.3 Å². The summed E-state index contributed by atoms with van der Waals surface area (Å²) in [6.07, 6.45) is 1.43. The molecule has 28 heavy (non-hydrogen) atoms. The minimum Gasteiger partial charge on any atom is -0.497 e. The number of hydrogen-bond acceptors (Lipinski definition) is 5. The van der Waals surface area contributed by atoms with Gasteiger partial charge >= 0.3 is 0 Å². The fourth-order valence-electron chi connectivity index (χ4n) is 2.41. The lowest BCUT2D eigenvalue weighted by molar-refractivity contribution is 0.0950. The summed E-state index contributed by atoms with van der Waals surface area (Å²) in [5, 5.41) is 11.7. The van der Waals surface area contributed by atoms with Crippen LogP contribution in [-0.4, -0.2) is 36.5 Å². The fraction of sp³-hybridized carbons (Fsp3) is 0.105. The van der Waals surface area contributed by atoms with Crippen LogP contribution in [-0.2, 0) is 0 Å². The van der Waals surface area contributed by atoms with Gasteiger partial charge in [-0.3, -0.25) is 9.89 Å². The number of rotatable bonds is 6. The first kappa shape index (κ1) is 19.7. The van der Waals surface area contributed by atoms with Crippen molar-refractivity contribution in [1.29, 1.82) is 0 Å². The van der Waals surface area contributed by atoms with Crippen LogP contribution in [0.2, 0.25) is 10.0 Å². The van der Waals surface area contributed by atoms with Gasteiger partial charge in [-0.2, -0.15) is 10.2 Å². The maximum absolute atomic E-state index is 12.3. The smallest absolute Gasteiger partial charge is 0.289 e. The zero-order chi connectivity index (χ0) is 20.1. The first-order valence-corrected chi connectivity index (χ1v) is 8.83. The molecule has 0 aliphatic heterocycles. The van der Waals surface area contributed by atoms with Crippen molar-refractivity contribution >= 4 is 35.3 Å². The van der Waals surface area contributed by atoms with Crippen molar-refractivity contribution in [3.8, 4) is 22.8 Å². The molecule has 0 saturated heterocycles. The third-order valence-electron chi connectivity index (χ3n) is 3.84. The average molecular weight is 419 g/mol. The monoisotopic (exact) mass is 418 g/mol. The van der Waals surface area contributed by atoms with Crippen molar-refractivity contribution in [3.05, 3.63) is 63.8 Å². The number of carbonyl (C=O) groups excluding carboxylic acids is 1. The van der Waals surface area contributed by atoms with Gasteiger partial charge in [-0.05, 0) is 30.3 Å². The Bertz CT molecular complexity index is 1030. The van der Waals surface area contributed by atoms with Crippen LogP contribution in [0.1, 0.15) is 16.1 Å². The van der Waals surface area contributed by atoms with Crippen molar-refractivity contribution in [1.82, 2.24) is 15.6 Å². The van der Waals surface area contributed by atoms with E-state index in [0.717, 1.165) is 5.56 Å². The van der Waals surface area contributed by atoms with Gasteiger partial charge in [0.1, 0.15) is 17.2 Å². The Labute approximate surface area is 171 Å². The van der Waals surface area contributed by atoms with Crippen molar-refractivity contribution in [2.45, 2.75) is 0 Å². The third-order valence-corrected chi connectivity index (χ3v) is 4.40. The van der Waals surface area contributed by atoms with E-state index in [1.54, 1.807) is 56.7 Å². The third kappa shape index (κ3) is 4.44. The molecule has 0 unspecified atom stereocenters. The van der Waals surface area contributed by atoms with Crippen LogP contribution >= 0.6 is 23.2 Å². The highest BCUT2D eigenvalue weighted by molar-refractivity contribution is 6.36. The maximum atomic E-state index is 12.3. The van der Waals surface area contributed by atoms with Crippen LogP contribution in [0.15, 0.2) is 47.6 Å². The molecule has 144 valence electrons.